The van der Waals surface area contributed by atoms with E-state index in [1.54, 1.807) is 49.4 Å². The van der Waals surface area contributed by atoms with Gasteiger partial charge in [0.15, 0.2) is 16.7 Å². The lowest BCUT2D eigenvalue weighted by atomic mass is 9.96. The van der Waals surface area contributed by atoms with E-state index in [1.165, 1.54) is 25.3 Å². The minimum absolute atomic E-state index is 0.000590. The number of hydrogen-bond donors (Lipinski definition) is 2. The second-order valence-electron chi connectivity index (χ2n) is 6.93. The molecule has 0 aliphatic rings. The van der Waals surface area contributed by atoms with E-state index in [9.17, 15) is 14.4 Å². The predicted octanol–water partition coefficient (Wildman–Crippen LogP) is 5.25. The highest BCUT2D eigenvalue weighted by molar-refractivity contribution is 7.80. The van der Waals surface area contributed by atoms with Crippen molar-refractivity contribution in [2.75, 3.05) is 19.0 Å². The molecule has 7 nitrogen and oxygen atoms in total. The number of hydrogen-bond acceptors (Lipinski definition) is 6. The van der Waals surface area contributed by atoms with Crippen molar-refractivity contribution in [1.82, 2.24) is 5.32 Å². The third kappa shape index (κ3) is 5.98. The molecule has 0 fully saturated rings. The van der Waals surface area contributed by atoms with Crippen molar-refractivity contribution in [2.24, 2.45) is 0 Å². The summed E-state index contributed by atoms with van der Waals surface area (Å²) in [5.74, 6) is -0.325. The Morgan fingerprint density at radius 2 is 1.62 bits per heavy atom. The zero-order valence-electron chi connectivity index (χ0n) is 18.4. The normalized spacial score (nSPS) is 10.2. The largest absolute Gasteiger partial charge is 0.496 e. The smallest absolute Gasteiger partial charge is 0.413 e. The van der Waals surface area contributed by atoms with Crippen molar-refractivity contribution in [1.29, 1.82) is 0 Å². The maximum Gasteiger partial charge on any atom is 0.413 e. The van der Waals surface area contributed by atoms with E-state index in [0.29, 0.717) is 17.0 Å². The first-order valence-electron chi connectivity index (χ1n) is 10.2. The van der Waals surface area contributed by atoms with Gasteiger partial charge >= 0.3 is 6.09 Å². The van der Waals surface area contributed by atoms with Crippen LogP contribution in [0.2, 0.25) is 5.02 Å². The molecular formula is C25H21ClN2O5S. The number of rotatable bonds is 7. The van der Waals surface area contributed by atoms with Crippen molar-refractivity contribution >= 4 is 52.3 Å². The van der Waals surface area contributed by atoms with E-state index in [4.69, 9.17) is 33.3 Å². The fourth-order valence-electron chi connectivity index (χ4n) is 3.13. The van der Waals surface area contributed by atoms with Gasteiger partial charge in [-0.1, -0.05) is 41.9 Å². The monoisotopic (exact) mass is 496 g/mol. The van der Waals surface area contributed by atoms with E-state index in [2.05, 4.69) is 10.6 Å². The Bertz CT molecular complexity index is 1250. The van der Waals surface area contributed by atoms with Gasteiger partial charge in [0.2, 0.25) is 0 Å². The van der Waals surface area contributed by atoms with Crippen LogP contribution in [0.25, 0.3) is 0 Å². The van der Waals surface area contributed by atoms with Gasteiger partial charge in [-0.05, 0) is 55.5 Å². The molecule has 174 valence electrons. The molecular weight excluding hydrogens is 476 g/mol. The molecule has 3 aromatic rings. The van der Waals surface area contributed by atoms with Crippen molar-refractivity contribution in [3.63, 3.8) is 0 Å². The number of carbonyl (C=O) groups is 3. The molecule has 9 heteroatoms. The summed E-state index contributed by atoms with van der Waals surface area (Å²) in [6.07, 6.45) is -0.695. The lowest BCUT2D eigenvalue weighted by Crippen LogP contribution is -2.34. The fourth-order valence-corrected chi connectivity index (χ4v) is 3.53. The summed E-state index contributed by atoms with van der Waals surface area (Å²) >= 11 is 11.4. The number of methoxy groups -OCH3 is 1. The number of anilines is 1. The van der Waals surface area contributed by atoms with Crippen molar-refractivity contribution in [2.45, 2.75) is 6.92 Å². The summed E-state index contributed by atoms with van der Waals surface area (Å²) < 4.78 is 10.1. The molecule has 0 saturated carbocycles. The van der Waals surface area contributed by atoms with Gasteiger partial charge in [-0.3, -0.25) is 14.9 Å². The molecule has 0 spiro atoms. The zero-order chi connectivity index (χ0) is 24.7. The molecule has 3 rings (SSSR count). The van der Waals surface area contributed by atoms with Gasteiger partial charge in [0.05, 0.1) is 24.3 Å². The molecule has 2 N–H and O–H groups in total. The molecule has 34 heavy (non-hydrogen) atoms. The van der Waals surface area contributed by atoms with E-state index in [0.717, 1.165) is 0 Å². The third-order valence-corrected chi connectivity index (χ3v) is 5.24. The molecule has 3 aromatic carbocycles. The minimum Gasteiger partial charge on any atom is -0.496 e. The van der Waals surface area contributed by atoms with Crippen LogP contribution in [0.4, 0.5) is 10.5 Å². The summed E-state index contributed by atoms with van der Waals surface area (Å²) in [6.45, 7) is 1.87. The Labute approximate surface area is 207 Å². The maximum atomic E-state index is 13.3. The van der Waals surface area contributed by atoms with E-state index < -0.39 is 11.9 Å². The number of nitrogens with one attached hydrogen (secondary N) is 2. The van der Waals surface area contributed by atoms with Gasteiger partial charge in [-0.25, -0.2) is 4.79 Å². The van der Waals surface area contributed by atoms with Crippen LogP contribution in [0, 0.1) is 0 Å². The average Bonchev–Trinajstić information content (AvgIpc) is 2.84. The average molecular weight is 497 g/mol. The van der Waals surface area contributed by atoms with Crippen LogP contribution in [-0.4, -0.2) is 36.5 Å². The number of thiocarbonyl (C=S) groups is 1. The molecule has 0 saturated heterocycles. The lowest BCUT2D eigenvalue weighted by Gasteiger charge is -2.13. The number of amides is 1. The first kappa shape index (κ1) is 24.9. The topological polar surface area (TPSA) is 93.7 Å². The Balaban J connectivity index is 1.89. The third-order valence-electron chi connectivity index (χ3n) is 4.70. The van der Waals surface area contributed by atoms with Gasteiger partial charge in [-0.2, -0.15) is 0 Å². The summed E-state index contributed by atoms with van der Waals surface area (Å²) in [6, 6.07) is 18.0. The number of benzene rings is 3. The van der Waals surface area contributed by atoms with Crippen LogP contribution in [0.1, 0.15) is 38.8 Å². The van der Waals surface area contributed by atoms with Crippen LogP contribution in [0.3, 0.4) is 0 Å². The first-order valence-corrected chi connectivity index (χ1v) is 11.0. The number of carbonyl (C=O) groups excluding carboxylic acids is 3. The molecule has 0 radical (unpaired) electrons. The number of ketones is 2. The van der Waals surface area contributed by atoms with Crippen LogP contribution in [0.5, 0.6) is 5.75 Å². The quantitative estimate of drug-likeness (QED) is 0.340. The Morgan fingerprint density at radius 3 is 2.29 bits per heavy atom. The summed E-state index contributed by atoms with van der Waals surface area (Å²) in [7, 11) is 1.46. The summed E-state index contributed by atoms with van der Waals surface area (Å²) in [5, 5.41) is 5.39. The first-order chi connectivity index (χ1) is 16.3. The number of halogens is 1. The van der Waals surface area contributed by atoms with Crippen LogP contribution in [-0.2, 0) is 4.74 Å². The summed E-state index contributed by atoms with van der Waals surface area (Å²) in [5.41, 5.74) is 1.60. The highest BCUT2D eigenvalue weighted by Gasteiger charge is 2.20. The lowest BCUT2D eigenvalue weighted by molar-refractivity contribution is 0.103. The van der Waals surface area contributed by atoms with Gasteiger partial charge < -0.3 is 14.8 Å². The standard InChI is InChI=1S/C25H21ClN2O5S/c1-3-33-25(31)28-24(34)27-17-10-11-20(26)18(14-17)23(30)16-9-12-21(32-2)19(13-16)22(29)15-7-5-4-6-8-15/h4-14H,3H2,1-2H3,(H2,27,28,31,34). The highest BCUT2D eigenvalue weighted by Crippen LogP contribution is 2.27. The molecule has 0 unspecified atom stereocenters. The molecule has 0 aliphatic carbocycles. The SMILES string of the molecule is CCOC(=O)NC(=S)Nc1ccc(Cl)c(C(=O)c2ccc(OC)c(C(=O)c3ccccc3)c2)c1. The van der Waals surface area contributed by atoms with Gasteiger partial charge in [-0.15, -0.1) is 0 Å². The number of alkyl carbamates (subject to hydrolysis) is 1. The minimum atomic E-state index is -0.695. The molecule has 1 amide bonds. The van der Waals surface area contributed by atoms with Crippen LogP contribution < -0.4 is 15.4 Å². The van der Waals surface area contributed by atoms with Gasteiger partial charge in [0.25, 0.3) is 0 Å². The predicted molar refractivity (Wildman–Crippen MR) is 134 cm³/mol. The Kier molecular flexibility index (Phi) is 8.34. The van der Waals surface area contributed by atoms with Gasteiger partial charge in [0.1, 0.15) is 5.75 Å². The van der Waals surface area contributed by atoms with Crippen LogP contribution >= 0.6 is 23.8 Å². The van der Waals surface area contributed by atoms with Gasteiger partial charge in [0, 0.05) is 22.4 Å². The van der Waals surface area contributed by atoms with Crippen molar-refractivity contribution in [3.05, 3.63) is 94.0 Å². The number of ether oxygens (including phenoxy) is 2. The zero-order valence-corrected chi connectivity index (χ0v) is 20.0. The maximum absolute atomic E-state index is 13.3. The summed E-state index contributed by atoms with van der Waals surface area (Å²) in [4.78, 5) is 37.8. The van der Waals surface area contributed by atoms with Crippen molar-refractivity contribution < 1.29 is 23.9 Å². The van der Waals surface area contributed by atoms with E-state index in [1.807, 2.05) is 6.07 Å². The second-order valence-corrected chi connectivity index (χ2v) is 7.75. The molecule has 0 atom stereocenters. The van der Waals surface area contributed by atoms with Crippen LogP contribution in [0.15, 0.2) is 66.7 Å². The highest BCUT2D eigenvalue weighted by atomic mass is 35.5. The molecule has 0 bridgehead atoms. The molecule has 0 aromatic heterocycles. The second kappa shape index (κ2) is 11.4. The Morgan fingerprint density at radius 1 is 0.912 bits per heavy atom. The Hall–Kier alpha value is -3.75. The molecule has 0 heterocycles. The van der Waals surface area contributed by atoms with E-state index >= 15 is 0 Å². The molecule has 0 aliphatic heterocycles. The van der Waals surface area contributed by atoms with Crippen molar-refractivity contribution in [3.8, 4) is 5.75 Å². The fraction of sp³-hybridized carbons (Fsp3) is 0.120. The van der Waals surface area contributed by atoms with E-state index in [-0.39, 0.29) is 39.2 Å².